The molecular formula is C15H14BrFN2. The Bertz CT molecular complexity index is 565. The van der Waals surface area contributed by atoms with Crippen molar-refractivity contribution in [2.75, 3.05) is 5.32 Å². The first kappa shape index (κ1) is 12.6. The van der Waals surface area contributed by atoms with Crippen LogP contribution in [0, 0.1) is 5.95 Å². The van der Waals surface area contributed by atoms with Gasteiger partial charge in [-0.05, 0) is 48.6 Å². The molecule has 1 aliphatic carbocycles. The second-order valence-electron chi connectivity index (χ2n) is 4.91. The number of hydrogen-bond acceptors (Lipinski definition) is 2. The molecule has 1 fully saturated rings. The van der Waals surface area contributed by atoms with E-state index in [4.69, 9.17) is 0 Å². The van der Waals surface area contributed by atoms with Crippen LogP contribution < -0.4 is 5.32 Å². The van der Waals surface area contributed by atoms with E-state index < -0.39 is 5.95 Å². The number of hydrogen-bond donors (Lipinski definition) is 1. The van der Waals surface area contributed by atoms with E-state index in [1.165, 1.54) is 11.6 Å². The predicted molar refractivity (Wildman–Crippen MR) is 77.7 cm³/mol. The van der Waals surface area contributed by atoms with E-state index in [0.29, 0.717) is 17.8 Å². The van der Waals surface area contributed by atoms with Gasteiger partial charge in [0, 0.05) is 10.5 Å². The summed E-state index contributed by atoms with van der Waals surface area (Å²) in [5, 5.41) is 3.27. The third kappa shape index (κ3) is 2.95. The van der Waals surface area contributed by atoms with E-state index in [1.54, 1.807) is 12.1 Å². The fraction of sp³-hybridized carbons (Fsp3) is 0.267. The van der Waals surface area contributed by atoms with Crippen molar-refractivity contribution < 1.29 is 4.39 Å². The van der Waals surface area contributed by atoms with Crippen molar-refractivity contribution in [2.24, 2.45) is 0 Å². The van der Waals surface area contributed by atoms with E-state index in [2.05, 4.69) is 50.5 Å². The van der Waals surface area contributed by atoms with Crippen molar-refractivity contribution in [1.29, 1.82) is 0 Å². The third-order valence-corrected chi connectivity index (χ3v) is 4.08. The average molecular weight is 321 g/mol. The number of aromatic nitrogens is 1. The van der Waals surface area contributed by atoms with Crippen LogP contribution in [0.5, 0.6) is 0 Å². The molecule has 98 valence electrons. The van der Waals surface area contributed by atoms with Gasteiger partial charge in [0.1, 0.15) is 5.82 Å². The largest absolute Gasteiger partial charge is 0.367 e. The number of nitrogens with one attached hydrogen (secondary N) is 1. The van der Waals surface area contributed by atoms with E-state index in [-0.39, 0.29) is 0 Å². The van der Waals surface area contributed by atoms with Gasteiger partial charge in [-0.3, -0.25) is 0 Å². The molecule has 0 bridgehead atoms. The lowest BCUT2D eigenvalue weighted by Crippen LogP contribution is -2.34. The molecule has 3 rings (SSSR count). The number of benzene rings is 1. The van der Waals surface area contributed by atoms with Gasteiger partial charge in [0.25, 0.3) is 0 Å². The number of anilines is 1. The summed E-state index contributed by atoms with van der Waals surface area (Å²) >= 11 is 3.44. The molecule has 1 aliphatic rings. The Morgan fingerprint density at radius 1 is 1.11 bits per heavy atom. The maximum absolute atomic E-state index is 13.0. The van der Waals surface area contributed by atoms with Crippen LogP contribution in [0.25, 0.3) is 0 Å². The molecule has 0 amide bonds. The molecule has 0 saturated heterocycles. The lowest BCUT2D eigenvalue weighted by molar-refractivity contribution is 0.373. The minimum absolute atomic E-state index is 0.392. The first-order valence-electron chi connectivity index (χ1n) is 6.35. The molecule has 1 saturated carbocycles. The van der Waals surface area contributed by atoms with Gasteiger partial charge >= 0.3 is 0 Å². The highest BCUT2D eigenvalue weighted by molar-refractivity contribution is 9.10. The van der Waals surface area contributed by atoms with E-state index in [0.717, 1.165) is 17.3 Å². The summed E-state index contributed by atoms with van der Waals surface area (Å²) in [5.41, 5.74) is 1.37. The van der Waals surface area contributed by atoms with Crippen LogP contribution in [0.2, 0.25) is 0 Å². The molecular weight excluding hydrogens is 307 g/mol. The summed E-state index contributed by atoms with van der Waals surface area (Å²) in [5.74, 6) is 0.784. The number of rotatable bonds is 3. The van der Waals surface area contributed by atoms with Crippen molar-refractivity contribution in [3.8, 4) is 0 Å². The lowest BCUT2D eigenvalue weighted by Gasteiger charge is -2.36. The highest BCUT2D eigenvalue weighted by atomic mass is 79.9. The summed E-state index contributed by atoms with van der Waals surface area (Å²) in [6.45, 7) is 0. The van der Waals surface area contributed by atoms with Crippen LogP contribution in [0.1, 0.15) is 24.3 Å². The SMILES string of the molecule is Fc1cccc(NC2CC(c3ccc(Br)cc3)C2)n1. The summed E-state index contributed by atoms with van der Waals surface area (Å²) < 4.78 is 14.1. The van der Waals surface area contributed by atoms with Gasteiger partial charge in [-0.1, -0.05) is 34.1 Å². The van der Waals surface area contributed by atoms with Crippen molar-refractivity contribution >= 4 is 21.7 Å². The minimum Gasteiger partial charge on any atom is -0.367 e. The summed E-state index contributed by atoms with van der Waals surface area (Å²) in [4.78, 5) is 3.82. The number of pyridine rings is 1. The molecule has 0 aliphatic heterocycles. The molecule has 1 aromatic carbocycles. The van der Waals surface area contributed by atoms with Gasteiger partial charge in [0.15, 0.2) is 0 Å². The van der Waals surface area contributed by atoms with Gasteiger partial charge in [-0.2, -0.15) is 4.39 Å². The van der Waals surface area contributed by atoms with Crippen molar-refractivity contribution in [1.82, 2.24) is 4.98 Å². The maximum Gasteiger partial charge on any atom is 0.214 e. The molecule has 1 N–H and O–H groups in total. The van der Waals surface area contributed by atoms with Crippen LogP contribution in [0.4, 0.5) is 10.2 Å². The molecule has 0 atom stereocenters. The Labute approximate surface area is 120 Å². The fourth-order valence-corrected chi connectivity index (χ4v) is 2.70. The second kappa shape index (κ2) is 5.29. The van der Waals surface area contributed by atoms with E-state index in [9.17, 15) is 4.39 Å². The fourth-order valence-electron chi connectivity index (χ4n) is 2.44. The van der Waals surface area contributed by atoms with E-state index in [1.807, 2.05) is 0 Å². The molecule has 0 unspecified atom stereocenters. The monoisotopic (exact) mass is 320 g/mol. The molecule has 0 radical (unpaired) electrons. The van der Waals surface area contributed by atoms with Crippen LogP contribution in [-0.4, -0.2) is 11.0 Å². The first-order chi connectivity index (χ1) is 9.20. The smallest absolute Gasteiger partial charge is 0.214 e. The molecule has 2 nitrogen and oxygen atoms in total. The van der Waals surface area contributed by atoms with Gasteiger partial charge < -0.3 is 5.32 Å². The van der Waals surface area contributed by atoms with Crippen molar-refractivity contribution in [3.05, 3.63) is 58.4 Å². The Balaban J connectivity index is 1.57. The van der Waals surface area contributed by atoms with Crippen LogP contribution in [0.15, 0.2) is 46.9 Å². The van der Waals surface area contributed by atoms with Crippen molar-refractivity contribution in [2.45, 2.75) is 24.8 Å². The van der Waals surface area contributed by atoms with E-state index >= 15 is 0 Å². The summed E-state index contributed by atoms with van der Waals surface area (Å²) in [7, 11) is 0. The zero-order chi connectivity index (χ0) is 13.2. The van der Waals surface area contributed by atoms with Gasteiger partial charge in [0.05, 0.1) is 0 Å². The zero-order valence-electron chi connectivity index (χ0n) is 10.3. The van der Waals surface area contributed by atoms with Crippen LogP contribution >= 0.6 is 15.9 Å². The number of nitrogens with zero attached hydrogens (tertiary/aromatic N) is 1. The Hall–Kier alpha value is -1.42. The quantitative estimate of drug-likeness (QED) is 0.851. The van der Waals surface area contributed by atoms with Gasteiger partial charge in [0.2, 0.25) is 5.95 Å². The third-order valence-electron chi connectivity index (χ3n) is 3.55. The zero-order valence-corrected chi connectivity index (χ0v) is 11.9. The predicted octanol–water partition coefficient (Wildman–Crippen LogP) is 4.34. The van der Waals surface area contributed by atoms with Crippen LogP contribution in [-0.2, 0) is 0 Å². The second-order valence-corrected chi connectivity index (χ2v) is 5.82. The molecule has 1 aromatic heterocycles. The highest BCUT2D eigenvalue weighted by Crippen LogP contribution is 2.38. The average Bonchev–Trinajstić information content (AvgIpc) is 2.35. The molecule has 2 aromatic rings. The van der Waals surface area contributed by atoms with Gasteiger partial charge in [-0.25, -0.2) is 4.98 Å². The van der Waals surface area contributed by atoms with Crippen LogP contribution in [0.3, 0.4) is 0 Å². The number of halogens is 2. The lowest BCUT2D eigenvalue weighted by atomic mass is 9.76. The Kier molecular flexibility index (Phi) is 3.51. The van der Waals surface area contributed by atoms with Crippen molar-refractivity contribution in [3.63, 3.8) is 0 Å². The molecule has 0 spiro atoms. The molecule has 1 heterocycles. The highest BCUT2D eigenvalue weighted by Gasteiger charge is 2.30. The first-order valence-corrected chi connectivity index (χ1v) is 7.14. The van der Waals surface area contributed by atoms with Gasteiger partial charge in [-0.15, -0.1) is 0 Å². The Morgan fingerprint density at radius 2 is 1.84 bits per heavy atom. The Morgan fingerprint density at radius 3 is 2.53 bits per heavy atom. The molecule has 4 heteroatoms. The summed E-state index contributed by atoms with van der Waals surface area (Å²) in [6, 6.07) is 13.7. The molecule has 19 heavy (non-hydrogen) atoms. The topological polar surface area (TPSA) is 24.9 Å². The maximum atomic E-state index is 13.0. The summed E-state index contributed by atoms with van der Waals surface area (Å²) in [6.07, 6.45) is 2.14. The normalized spacial score (nSPS) is 21.8. The minimum atomic E-state index is -0.436. The standard InChI is InChI=1S/C15H14BrFN2/c16-12-6-4-10(5-7-12)11-8-13(9-11)18-15-3-1-2-14(17)19-15/h1-7,11,13H,8-9H2,(H,18,19).